The maximum atomic E-state index is 6.63. The fourth-order valence-electron chi connectivity index (χ4n) is 1.48. The average molecular weight is 418 g/mol. The molecule has 0 atom stereocenters. The average Bonchev–Trinajstić information content (AvgIpc) is 2.31. The van der Waals surface area contributed by atoms with Crippen molar-refractivity contribution in [3.8, 4) is 0 Å². The van der Waals surface area contributed by atoms with Crippen LogP contribution in [-0.4, -0.2) is 0 Å². The summed E-state index contributed by atoms with van der Waals surface area (Å²) in [6.07, 6.45) is 0. The smallest absolute Gasteiger partial charge is 0 e. The van der Waals surface area contributed by atoms with Crippen molar-refractivity contribution in [1.82, 2.24) is 0 Å². The van der Waals surface area contributed by atoms with Crippen molar-refractivity contribution >= 4 is 37.1 Å². The molecular weight excluding hydrogens is 408 g/mol. The molecule has 0 aromatic heterocycles. The fourth-order valence-corrected chi connectivity index (χ4v) is 5.43. The van der Waals surface area contributed by atoms with Crippen molar-refractivity contribution in [1.29, 1.82) is 0 Å². The first-order valence-corrected chi connectivity index (χ1v) is 10.2. The van der Waals surface area contributed by atoms with Crippen LogP contribution in [0.25, 0.3) is 0 Å². The van der Waals surface area contributed by atoms with E-state index < -0.39 is 4.00 Å². The molecule has 0 saturated heterocycles. The summed E-state index contributed by atoms with van der Waals surface area (Å²) in [4.78, 5) is 0. The molecule has 0 bridgehead atoms. The summed E-state index contributed by atoms with van der Waals surface area (Å²) in [6, 6.07) is 19.3. The quantitative estimate of drug-likeness (QED) is 0.512. The van der Waals surface area contributed by atoms with Gasteiger partial charge in [-0.05, 0) is 0 Å². The Morgan fingerprint density at radius 1 is 0.706 bits per heavy atom. The van der Waals surface area contributed by atoms with Gasteiger partial charge in [0.2, 0.25) is 0 Å². The van der Waals surface area contributed by atoms with Gasteiger partial charge in [-0.3, -0.25) is 0 Å². The van der Waals surface area contributed by atoms with Gasteiger partial charge in [0.15, 0.2) is 0 Å². The van der Waals surface area contributed by atoms with Gasteiger partial charge in [0.05, 0.1) is 0 Å². The van der Waals surface area contributed by atoms with Crippen molar-refractivity contribution in [2.24, 2.45) is 0 Å². The van der Waals surface area contributed by atoms with E-state index in [0.717, 1.165) is 10.6 Å². The van der Waals surface area contributed by atoms with Gasteiger partial charge in [0.25, 0.3) is 0 Å². The Kier molecular flexibility index (Phi) is 5.29. The van der Waals surface area contributed by atoms with E-state index in [1.807, 2.05) is 60.7 Å². The van der Waals surface area contributed by atoms with Crippen molar-refractivity contribution in [2.45, 2.75) is 0 Å². The zero-order valence-electron chi connectivity index (χ0n) is 8.65. The number of halogens is 2. The Morgan fingerprint density at radius 3 is 1.29 bits per heavy atom. The van der Waals surface area contributed by atoms with E-state index in [-0.39, 0.29) is 20.4 Å². The molecule has 0 spiro atoms. The monoisotopic (exact) mass is 417 g/mol. The summed E-state index contributed by atoms with van der Waals surface area (Å²) < 4.78 is -3.24. The SMILES string of the molecule is Cl[P](Cl)([Fe])(c1ccccc1)c1ccccc1.[Pd]. The molecule has 0 amide bonds. The zero-order valence-corrected chi connectivity index (χ0v) is 13.7. The molecule has 0 saturated carbocycles. The molecule has 0 aliphatic rings. The largest absolute Gasteiger partial charge is 0 e. The number of rotatable bonds is 2. The van der Waals surface area contributed by atoms with Crippen LogP contribution in [0.3, 0.4) is 0 Å². The van der Waals surface area contributed by atoms with Crippen LogP contribution >= 0.6 is 26.5 Å². The summed E-state index contributed by atoms with van der Waals surface area (Å²) in [5, 5.41) is 1.78. The summed E-state index contributed by atoms with van der Waals surface area (Å²) >= 11 is 17.4. The molecule has 17 heavy (non-hydrogen) atoms. The van der Waals surface area contributed by atoms with E-state index in [0.29, 0.717) is 0 Å². The number of hydrogen-bond donors (Lipinski definition) is 0. The van der Waals surface area contributed by atoms with Crippen LogP contribution in [0.2, 0.25) is 0 Å². The van der Waals surface area contributed by atoms with Crippen LogP contribution in [0.1, 0.15) is 0 Å². The maximum Gasteiger partial charge on any atom is 0 e. The Bertz CT molecular complexity index is 439. The van der Waals surface area contributed by atoms with Crippen molar-refractivity contribution < 1.29 is 36.0 Å². The fraction of sp³-hybridized carbons (Fsp3) is 0. The van der Waals surface area contributed by atoms with Crippen LogP contribution in [0.5, 0.6) is 0 Å². The molecule has 0 unspecified atom stereocenters. The predicted octanol–water partition coefficient (Wildman–Crippen LogP) is 3.96. The van der Waals surface area contributed by atoms with Crippen molar-refractivity contribution in [3.63, 3.8) is 0 Å². The Hall–Kier alpha value is 0.632. The first kappa shape index (κ1) is 15.7. The van der Waals surface area contributed by atoms with Gasteiger partial charge in [-0.1, -0.05) is 0 Å². The van der Waals surface area contributed by atoms with Gasteiger partial charge >= 0.3 is 113 Å². The summed E-state index contributed by atoms with van der Waals surface area (Å²) in [5.74, 6) is 0. The molecule has 0 aliphatic heterocycles. The second-order valence-electron chi connectivity index (χ2n) is 3.46. The minimum Gasteiger partial charge on any atom is 0 e. The third-order valence-corrected chi connectivity index (χ3v) is 8.65. The van der Waals surface area contributed by atoms with E-state index in [1.54, 1.807) is 0 Å². The minimum atomic E-state index is -3.24. The number of hydrogen-bond acceptors (Lipinski definition) is 0. The molecule has 0 aliphatic carbocycles. The standard InChI is InChI=1S/C12H10Cl2P.Fe.Pd/c13-15(14,11-7-3-1-4-8-11)12-9-5-2-6-10-12;;/h1-10H;;/q+1;-1;. The van der Waals surface area contributed by atoms with Gasteiger partial charge in [-0.2, -0.15) is 0 Å². The van der Waals surface area contributed by atoms with E-state index >= 15 is 0 Å². The van der Waals surface area contributed by atoms with Gasteiger partial charge in [-0.25, -0.2) is 0 Å². The first-order chi connectivity index (χ1) is 7.49. The maximum absolute atomic E-state index is 6.63. The van der Waals surface area contributed by atoms with Gasteiger partial charge < -0.3 is 0 Å². The molecule has 95 valence electrons. The molecule has 5 heteroatoms. The summed E-state index contributed by atoms with van der Waals surface area (Å²) in [7, 11) is 0. The molecule has 2 aromatic carbocycles. The summed E-state index contributed by atoms with van der Waals surface area (Å²) in [6.45, 7) is 0. The molecular formula is C12H10Cl2FePPd. The first-order valence-electron chi connectivity index (χ1n) is 4.76. The van der Waals surface area contributed by atoms with Gasteiger partial charge in [-0.15, -0.1) is 0 Å². The normalized spacial score (nSPS) is 13.2. The van der Waals surface area contributed by atoms with Crippen LogP contribution in [0, 0.1) is 0 Å². The van der Waals surface area contributed by atoms with E-state index in [9.17, 15) is 0 Å². The zero-order chi connectivity index (χ0) is 11.7. The molecule has 0 fully saturated rings. The Labute approximate surface area is 133 Å². The third kappa shape index (κ3) is 3.34. The summed E-state index contributed by atoms with van der Waals surface area (Å²) in [5.41, 5.74) is 0. The van der Waals surface area contributed by atoms with Crippen LogP contribution in [0.4, 0.5) is 0 Å². The Balaban J connectivity index is 0.00000144. The molecule has 2 aromatic rings. The second kappa shape index (κ2) is 5.73. The second-order valence-corrected chi connectivity index (χ2v) is 15.2. The van der Waals surface area contributed by atoms with E-state index in [1.165, 1.54) is 0 Å². The van der Waals surface area contributed by atoms with Gasteiger partial charge in [0.1, 0.15) is 0 Å². The van der Waals surface area contributed by atoms with Crippen LogP contribution < -0.4 is 10.6 Å². The minimum absolute atomic E-state index is 0. The Morgan fingerprint density at radius 2 is 1.00 bits per heavy atom. The molecule has 0 heterocycles. The van der Waals surface area contributed by atoms with Gasteiger partial charge in [0, 0.05) is 20.4 Å². The predicted molar refractivity (Wildman–Crippen MR) is 70.8 cm³/mol. The molecule has 0 radical (unpaired) electrons. The van der Waals surface area contributed by atoms with E-state index in [2.05, 4.69) is 15.6 Å². The number of benzene rings is 2. The van der Waals surface area contributed by atoms with Crippen LogP contribution in [-0.2, 0) is 36.0 Å². The molecule has 0 nitrogen and oxygen atoms in total. The van der Waals surface area contributed by atoms with Crippen molar-refractivity contribution in [2.75, 3.05) is 0 Å². The van der Waals surface area contributed by atoms with E-state index in [4.69, 9.17) is 22.5 Å². The topological polar surface area (TPSA) is 0 Å². The van der Waals surface area contributed by atoms with Crippen LogP contribution in [0.15, 0.2) is 60.7 Å². The molecule has 2 rings (SSSR count). The third-order valence-electron chi connectivity index (χ3n) is 2.34. The van der Waals surface area contributed by atoms with Crippen molar-refractivity contribution in [3.05, 3.63) is 60.7 Å². The molecule has 0 N–H and O–H groups in total.